The number of carbonyl (C=O) groups excluding carboxylic acids is 1. The van der Waals surface area contributed by atoms with Gasteiger partial charge in [0.2, 0.25) is 5.72 Å². The average molecular weight is 315 g/mol. The van der Waals surface area contributed by atoms with Crippen LogP contribution in [0.15, 0.2) is 58.3 Å². The molecule has 1 amide bonds. The van der Waals surface area contributed by atoms with Crippen LogP contribution in [0.25, 0.3) is 0 Å². The van der Waals surface area contributed by atoms with Gasteiger partial charge in [0.25, 0.3) is 5.95 Å². The normalized spacial score (nSPS) is 19.9. The number of nitrogens with zero attached hydrogens (tertiary/aromatic N) is 2. The first-order chi connectivity index (χ1) is 11.1. The van der Waals surface area contributed by atoms with Crippen molar-refractivity contribution in [3.05, 3.63) is 54.3 Å². The van der Waals surface area contributed by atoms with E-state index >= 15 is 0 Å². The van der Waals surface area contributed by atoms with Crippen LogP contribution in [0, 0.1) is 0 Å². The summed E-state index contributed by atoms with van der Waals surface area (Å²) in [7, 11) is 0. The van der Waals surface area contributed by atoms with Crippen LogP contribution in [0.2, 0.25) is 0 Å². The third-order valence-corrected chi connectivity index (χ3v) is 3.59. The lowest BCUT2D eigenvalue weighted by atomic mass is 10.1. The van der Waals surface area contributed by atoms with E-state index in [0.29, 0.717) is 12.3 Å². The Morgan fingerprint density at radius 1 is 1.30 bits per heavy atom. The number of benzene rings is 1. The highest BCUT2D eigenvalue weighted by molar-refractivity contribution is 6.00. The summed E-state index contributed by atoms with van der Waals surface area (Å²) in [6.45, 7) is 3.77. The minimum absolute atomic E-state index is 0.110. The van der Waals surface area contributed by atoms with E-state index in [4.69, 9.17) is 14.0 Å². The molecule has 1 N–H and O–H groups in total. The third kappa shape index (κ3) is 2.98. The third-order valence-electron chi connectivity index (χ3n) is 3.59. The summed E-state index contributed by atoms with van der Waals surface area (Å²) >= 11 is 0. The Hall–Kier alpha value is -2.96. The summed E-state index contributed by atoms with van der Waals surface area (Å²) in [5.74, 6) is 0.616. The molecule has 1 aliphatic rings. The van der Waals surface area contributed by atoms with Gasteiger partial charge in [-0.1, -0.05) is 42.4 Å². The number of ether oxygens (including phenoxy) is 1. The van der Waals surface area contributed by atoms with E-state index in [9.17, 15) is 4.79 Å². The number of amidine groups is 1. The zero-order valence-corrected chi connectivity index (χ0v) is 12.9. The number of amides is 1. The SMILES string of the molecule is CCC1(C)ON=C(c2ccccc2)N1NC(=O)Oc1ccco1. The first-order valence-corrected chi connectivity index (χ1v) is 7.26. The molecular formula is C16H17N3O4. The van der Waals surface area contributed by atoms with E-state index in [1.165, 1.54) is 6.26 Å². The van der Waals surface area contributed by atoms with Crippen LogP contribution in [0.3, 0.4) is 0 Å². The summed E-state index contributed by atoms with van der Waals surface area (Å²) in [6.07, 6.45) is 1.34. The first-order valence-electron chi connectivity index (χ1n) is 7.26. The number of nitrogens with one attached hydrogen (secondary N) is 1. The highest BCUT2D eigenvalue weighted by Crippen LogP contribution is 2.28. The number of carbonyl (C=O) groups is 1. The summed E-state index contributed by atoms with van der Waals surface area (Å²) in [5.41, 5.74) is 2.69. The lowest BCUT2D eigenvalue weighted by Crippen LogP contribution is -2.56. The Labute approximate surface area is 133 Å². The maximum atomic E-state index is 12.1. The Balaban J connectivity index is 1.80. The van der Waals surface area contributed by atoms with Crippen LogP contribution in [0.5, 0.6) is 5.95 Å². The van der Waals surface area contributed by atoms with Gasteiger partial charge >= 0.3 is 6.09 Å². The van der Waals surface area contributed by atoms with Gasteiger partial charge in [0.15, 0.2) is 5.84 Å². The van der Waals surface area contributed by atoms with E-state index in [0.717, 1.165) is 5.56 Å². The Bertz CT molecular complexity index is 699. The fourth-order valence-corrected chi connectivity index (χ4v) is 2.14. The van der Waals surface area contributed by atoms with Gasteiger partial charge in [-0.2, -0.15) is 0 Å². The van der Waals surface area contributed by atoms with Crippen LogP contribution < -0.4 is 10.2 Å². The van der Waals surface area contributed by atoms with Gasteiger partial charge in [-0.15, -0.1) is 0 Å². The predicted molar refractivity (Wildman–Crippen MR) is 82.5 cm³/mol. The van der Waals surface area contributed by atoms with Crippen LogP contribution in [0.1, 0.15) is 25.8 Å². The molecule has 23 heavy (non-hydrogen) atoms. The number of hydrazine groups is 1. The number of hydrogen-bond donors (Lipinski definition) is 1. The molecule has 1 aliphatic heterocycles. The zero-order chi connectivity index (χ0) is 16.3. The van der Waals surface area contributed by atoms with Crippen molar-refractivity contribution in [3.63, 3.8) is 0 Å². The topological polar surface area (TPSA) is 76.3 Å². The van der Waals surface area contributed by atoms with Crippen LogP contribution in [-0.2, 0) is 4.84 Å². The van der Waals surface area contributed by atoms with E-state index in [1.807, 2.05) is 44.2 Å². The number of hydrogen-bond acceptors (Lipinski definition) is 6. The molecule has 0 bridgehead atoms. The van der Waals surface area contributed by atoms with Crippen molar-refractivity contribution in [2.75, 3.05) is 0 Å². The summed E-state index contributed by atoms with van der Waals surface area (Å²) < 4.78 is 10.1. The van der Waals surface area contributed by atoms with Crippen molar-refractivity contribution in [3.8, 4) is 5.95 Å². The van der Waals surface area contributed by atoms with Crippen molar-refractivity contribution in [2.24, 2.45) is 5.16 Å². The Morgan fingerprint density at radius 3 is 2.74 bits per heavy atom. The molecule has 0 aliphatic carbocycles. The predicted octanol–water partition coefficient (Wildman–Crippen LogP) is 3.10. The molecule has 1 unspecified atom stereocenters. The van der Waals surface area contributed by atoms with Gasteiger partial charge in [-0.25, -0.2) is 15.2 Å². The van der Waals surface area contributed by atoms with Crippen molar-refractivity contribution < 1.29 is 18.8 Å². The molecule has 2 heterocycles. The molecule has 120 valence electrons. The molecule has 1 aromatic carbocycles. The highest BCUT2D eigenvalue weighted by atomic mass is 16.7. The molecule has 1 aromatic heterocycles. The molecule has 0 radical (unpaired) electrons. The van der Waals surface area contributed by atoms with Crippen molar-refractivity contribution >= 4 is 11.9 Å². The zero-order valence-electron chi connectivity index (χ0n) is 12.9. The van der Waals surface area contributed by atoms with Crippen molar-refractivity contribution in [1.29, 1.82) is 0 Å². The smallest absolute Gasteiger partial charge is 0.434 e. The molecule has 0 saturated carbocycles. The molecule has 1 atom stereocenters. The molecule has 2 aromatic rings. The second-order valence-corrected chi connectivity index (χ2v) is 5.17. The van der Waals surface area contributed by atoms with Gasteiger partial charge < -0.3 is 14.0 Å². The standard InChI is InChI=1S/C16H17N3O4/c1-3-16(2)19(17-15(20)22-13-10-7-11-21-13)14(18-23-16)12-8-5-4-6-9-12/h4-11H,3H2,1-2H3,(H,17,20). The molecule has 7 nitrogen and oxygen atoms in total. The molecule has 0 saturated heterocycles. The average Bonchev–Trinajstić information content (AvgIpc) is 3.18. The highest BCUT2D eigenvalue weighted by Gasteiger charge is 2.42. The number of furan rings is 1. The van der Waals surface area contributed by atoms with E-state index in [2.05, 4.69) is 10.6 Å². The van der Waals surface area contributed by atoms with E-state index in [1.54, 1.807) is 17.1 Å². The van der Waals surface area contributed by atoms with Crippen molar-refractivity contribution in [2.45, 2.75) is 26.0 Å². The number of oxime groups is 1. The first kappa shape index (κ1) is 15.0. The lowest BCUT2D eigenvalue weighted by Gasteiger charge is -2.32. The van der Waals surface area contributed by atoms with E-state index < -0.39 is 11.8 Å². The van der Waals surface area contributed by atoms with Gasteiger partial charge in [0.1, 0.15) is 0 Å². The lowest BCUT2D eigenvalue weighted by molar-refractivity contribution is -0.100. The summed E-state index contributed by atoms with van der Waals surface area (Å²) in [5, 5.41) is 5.67. The van der Waals surface area contributed by atoms with Gasteiger partial charge in [0, 0.05) is 18.1 Å². The Kier molecular flexibility index (Phi) is 3.92. The fourth-order valence-electron chi connectivity index (χ4n) is 2.14. The quantitative estimate of drug-likeness (QED) is 0.938. The molecule has 3 rings (SSSR count). The van der Waals surface area contributed by atoms with Gasteiger partial charge in [0.05, 0.1) is 6.26 Å². The molecule has 0 fully saturated rings. The van der Waals surface area contributed by atoms with E-state index in [-0.39, 0.29) is 5.95 Å². The second-order valence-electron chi connectivity index (χ2n) is 5.17. The maximum absolute atomic E-state index is 12.1. The molecule has 7 heteroatoms. The van der Waals surface area contributed by atoms with Crippen LogP contribution in [0.4, 0.5) is 4.79 Å². The summed E-state index contributed by atoms with van der Waals surface area (Å²) in [6, 6.07) is 12.6. The summed E-state index contributed by atoms with van der Waals surface area (Å²) in [4.78, 5) is 17.6. The molecular weight excluding hydrogens is 298 g/mol. The molecule has 0 spiro atoms. The fraction of sp³-hybridized carbons (Fsp3) is 0.250. The largest absolute Gasteiger partial charge is 0.434 e. The maximum Gasteiger partial charge on any atom is 0.434 e. The minimum Gasteiger partial charge on any atom is -0.434 e. The van der Waals surface area contributed by atoms with Gasteiger partial charge in [-0.3, -0.25) is 0 Å². The monoisotopic (exact) mass is 315 g/mol. The number of rotatable bonds is 4. The van der Waals surface area contributed by atoms with Crippen molar-refractivity contribution in [1.82, 2.24) is 10.4 Å². The van der Waals surface area contributed by atoms with Crippen LogP contribution >= 0.6 is 0 Å². The van der Waals surface area contributed by atoms with Gasteiger partial charge in [-0.05, 0) is 13.0 Å². The van der Waals surface area contributed by atoms with Crippen LogP contribution in [-0.4, -0.2) is 22.7 Å². The minimum atomic E-state index is -0.798. The Morgan fingerprint density at radius 2 is 2.09 bits per heavy atom. The second kappa shape index (κ2) is 6.04.